The number of nitrogens with two attached hydrogens (primary N) is 1. The first-order valence-corrected chi connectivity index (χ1v) is 4.79. The highest BCUT2D eigenvalue weighted by Gasteiger charge is 1.96. The summed E-state index contributed by atoms with van der Waals surface area (Å²) < 4.78 is 1.16. The molecule has 1 amide bonds. The zero-order valence-electron chi connectivity index (χ0n) is 6.88. The summed E-state index contributed by atoms with van der Waals surface area (Å²) in [4.78, 5) is 10.8. The van der Waals surface area contributed by atoms with Crippen LogP contribution < -0.4 is 16.6 Å². The Labute approximate surface area is 90.0 Å². The number of hydrogen-bond donors (Lipinski definition) is 3. The zero-order chi connectivity index (χ0) is 9.68. The van der Waals surface area contributed by atoms with Crippen molar-refractivity contribution in [3.05, 3.63) is 27.8 Å². The van der Waals surface area contributed by atoms with Crippen LogP contribution >= 0.6 is 22.6 Å². The maximum Gasteiger partial charge on any atom is 0.253 e. The minimum absolute atomic E-state index is 0.192. The van der Waals surface area contributed by atoms with Crippen LogP contribution in [0.4, 0.5) is 5.69 Å². The third-order valence-corrected chi connectivity index (χ3v) is 2.18. The Morgan fingerprint density at radius 3 is 2.54 bits per heavy atom. The smallest absolute Gasteiger partial charge is 0.253 e. The Bertz CT molecular complexity index is 286. The van der Waals surface area contributed by atoms with Crippen molar-refractivity contribution in [3.8, 4) is 0 Å². The van der Waals surface area contributed by atoms with E-state index in [1.807, 2.05) is 29.7 Å². The molecule has 0 bridgehead atoms. The van der Waals surface area contributed by atoms with Crippen LogP contribution in [-0.4, -0.2) is 12.5 Å². The molecule has 0 heterocycles. The molecule has 0 radical (unpaired) electrons. The summed E-state index contributed by atoms with van der Waals surface area (Å²) in [7, 11) is 0. The molecule has 0 aromatic heterocycles. The fraction of sp³-hybridized carbons (Fsp3) is 0.125. The highest BCUT2D eigenvalue weighted by Crippen LogP contribution is 2.10. The number of carbonyl (C=O) groups excluding carboxylic acids is 1. The van der Waals surface area contributed by atoms with Gasteiger partial charge in [-0.15, -0.1) is 0 Å². The van der Waals surface area contributed by atoms with E-state index in [2.05, 4.69) is 27.9 Å². The second-order valence-corrected chi connectivity index (χ2v) is 3.67. The van der Waals surface area contributed by atoms with E-state index in [0.717, 1.165) is 9.26 Å². The Kier molecular flexibility index (Phi) is 3.97. The van der Waals surface area contributed by atoms with Crippen LogP contribution in [0.25, 0.3) is 0 Å². The summed E-state index contributed by atoms with van der Waals surface area (Å²) in [6.45, 7) is 0.192. The molecule has 0 unspecified atom stereocenters. The summed E-state index contributed by atoms with van der Waals surface area (Å²) in [5, 5.41) is 2.93. The SMILES string of the molecule is NNC(=O)CNc1ccc(I)cc1. The van der Waals surface area contributed by atoms with Gasteiger partial charge < -0.3 is 5.32 Å². The number of carbonyl (C=O) groups is 1. The monoisotopic (exact) mass is 291 g/mol. The molecule has 4 nitrogen and oxygen atoms in total. The fourth-order valence-electron chi connectivity index (χ4n) is 0.801. The normalized spacial score (nSPS) is 9.38. The van der Waals surface area contributed by atoms with Crippen LogP contribution in [0.15, 0.2) is 24.3 Å². The number of anilines is 1. The van der Waals surface area contributed by atoms with Crippen molar-refractivity contribution in [2.45, 2.75) is 0 Å². The molecule has 0 aliphatic carbocycles. The van der Waals surface area contributed by atoms with Crippen LogP contribution in [0.2, 0.25) is 0 Å². The second-order valence-electron chi connectivity index (χ2n) is 2.43. The fourth-order valence-corrected chi connectivity index (χ4v) is 1.16. The van der Waals surface area contributed by atoms with Gasteiger partial charge in [0.2, 0.25) is 0 Å². The van der Waals surface area contributed by atoms with Gasteiger partial charge in [-0.2, -0.15) is 0 Å². The lowest BCUT2D eigenvalue weighted by Gasteiger charge is -2.04. The average Bonchev–Trinajstić information content (AvgIpc) is 2.16. The van der Waals surface area contributed by atoms with Gasteiger partial charge in [-0.05, 0) is 46.9 Å². The van der Waals surface area contributed by atoms with Gasteiger partial charge in [-0.25, -0.2) is 5.84 Å². The van der Waals surface area contributed by atoms with Crippen molar-refractivity contribution in [2.24, 2.45) is 5.84 Å². The number of hydrazine groups is 1. The summed E-state index contributed by atoms with van der Waals surface area (Å²) in [5.74, 6) is 4.68. The van der Waals surface area contributed by atoms with Crippen LogP contribution in [0.1, 0.15) is 0 Å². The largest absolute Gasteiger partial charge is 0.376 e. The molecular weight excluding hydrogens is 281 g/mol. The third-order valence-electron chi connectivity index (χ3n) is 1.46. The first-order chi connectivity index (χ1) is 6.22. The Hall–Kier alpha value is -0.820. The van der Waals surface area contributed by atoms with Gasteiger partial charge in [0.05, 0.1) is 6.54 Å². The standard InChI is InChI=1S/C8H10IN3O/c9-6-1-3-7(4-2-6)11-5-8(13)12-10/h1-4,11H,5,10H2,(H,12,13). The summed E-state index contributed by atoms with van der Waals surface area (Å²) >= 11 is 2.22. The number of benzene rings is 1. The minimum Gasteiger partial charge on any atom is -0.376 e. The number of rotatable bonds is 3. The Morgan fingerprint density at radius 2 is 2.00 bits per heavy atom. The van der Waals surface area contributed by atoms with E-state index in [0.29, 0.717) is 0 Å². The van der Waals surface area contributed by atoms with E-state index in [4.69, 9.17) is 5.84 Å². The van der Waals surface area contributed by atoms with E-state index in [1.54, 1.807) is 0 Å². The lowest BCUT2D eigenvalue weighted by atomic mass is 10.3. The molecule has 0 aliphatic heterocycles. The van der Waals surface area contributed by atoms with E-state index in [9.17, 15) is 4.79 Å². The van der Waals surface area contributed by atoms with Crippen LogP contribution in [0, 0.1) is 3.57 Å². The van der Waals surface area contributed by atoms with Crippen LogP contribution in [0.3, 0.4) is 0 Å². The molecule has 0 saturated heterocycles. The topological polar surface area (TPSA) is 67.1 Å². The number of nitrogens with one attached hydrogen (secondary N) is 2. The van der Waals surface area contributed by atoms with Gasteiger partial charge in [0.1, 0.15) is 0 Å². The average molecular weight is 291 g/mol. The first kappa shape index (κ1) is 10.3. The van der Waals surface area contributed by atoms with Crippen molar-refractivity contribution in [1.29, 1.82) is 0 Å². The molecule has 70 valence electrons. The lowest BCUT2D eigenvalue weighted by Crippen LogP contribution is -2.35. The van der Waals surface area contributed by atoms with Gasteiger partial charge >= 0.3 is 0 Å². The molecular formula is C8H10IN3O. The molecule has 0 aliphatic rings. The van der Waals surface area contributed by atoms with Gasteiger partial charge in [0.15, 0.2) is 0 Å². The Balaban J connectivity index is 2.46. The quantitative estimate of drug-likeness (QED) is 0.332. The summed E-state index contributed by atoms with van der Waals surface area (Å²) in [6, 6.07) is 7.74. The molecule has 4 N–H and O–H groups in total. The number of hydrogen-bond acceptors (Lipinski definition) is 3. The highest BCUT2D eigenvalue weighted by molar-refractivity contribution is 14.1. The number of halogens is 1. The van der Waals surface area contributed by atoms with Crippen molar-refractivity contribution in [1.82, 2.24) is 5.43 Å². The van der Waals surface area contributed by atoms with Crippen LogP contribution in [-0.2, 0) is 4.79 Å². The lowest BCUT2D eigenvalue weighted by molar-refractivity contribution is -0.119. The van der Waals surface area contributed by atoms with Crippen LogP contribution in [0.5, 0.6) is 0 Å². The molecule has 0 spiro atoms. The molecule has 1 aromatic carbocycles. The predicted octanol–water partition coefficient (Wildman–Crippen LogP) is 0.693. The molecule has 5 heteroatoms. The second kappa shape index (κ2) is 5.03. The molecule has 0 saturated carbocycles. The first-order valence-electron chi connectivity index (χ1n) is 3.71. The predicted molar refractivity (Wildman–Crippen MR) is 60.0 cm³/mol. The minimum atomic E-state index is -0.237. The maximum absolute atomic E-state index is 10.8. The van der Waals surface area contributed by atoms with Gasteiger partial charge in [0, 0.05) is 9.26 Å². The number of amides is 1. The molecule has 13 heavy (non-hydrogen) atoms. The van der Waals surface area contributed by atoms with Crippen molar-refractivity contribution in [2.75, 3.05) is 11.9 Å². The molecule has 1 rings (SSSR count). The van der Waals surface area contributed by atoms with E-state index in [1.165, 1.54) is 0 Å². The van der Waals surface area contributed by atoms with Gasteiger partial charge in [-0.1, -0.05) is 0 Å². The van der Waals surface area contributed by atoms with Gasteiger partial charge in [-0.3, -0.25) is 10.2 Å². The molecule has 0 fully saturated rings. The van der Waals surface area contributed by atoms with E-state index < -0.39 is 0 Å². The summed E-state index contributed by atoms with van der Waals surface area (Å²) in [6.07, 6.45) is 0. The Morgan fingerprint density at radius 1 is 1.38 bits per heavy atom. The van der Waals surface area contributed by atoms with Crippen molar-refractivity contribution < 1.29 is 4.79 Å². The zero-order valence-corrected chi connectivity index (χ0v) is 9.04. The van der Waals surface area contributed by atoms with Gasteiger partial charge in [0.25, 0.3) is 5.91 Å². The van der Waals surface area contributed by atoms with Crippen molar-refractivity contribution >= 4 is 34.2 Å². The van der Waals surface area contributed by atoms with E-state index >= 15 is 0 Å². The highest BCUT2D eigenvalue weighted by atomic mass is 127. The maximum atomic E-state index is 10.8. The summed E-state index contributed by atoms with van der Waals surface area (Å²) in [5.41, 5.74) is 2.95. The van der Waals surface area contributed by atoms with Crippen molar-refractivity contribution in [3.63, 3.8) is 0 Å². The molecule has 1 aromatic rings. The third kappa shape index (κ3) is 3.60. The molecule has 0 atom stereocenters. The van der Waals surface area contributed by atoms with E-state index in [-0.39, 0.29) is 12.5 Å².